The number of piperidine rings is 1. The number of amides is 2. The Morgan fingerprint density at radius 2 is 1.83 bits per heavy atom. The molecule has 7 heteroatoms. The van der Waals surface area contributed by atoms with Gasteiger partial charge in [0, 0.05) is 45.0 Å². The van der Waals surface area contributed by atoms with Crippen LogP contribution in [0.25, 0.3) is 0 Å². The van der Waals surface area contributed by atoms with Crippen molar-refractivity contribution in [3.8, 4) is 0 Å². The first-order valence-corrected chi connectivity index (χ1v) is 8.79. The Labute approximate surface area is 142 Å². The first-order chi connectivity index (χ1) is 11.3. The fourth-order valence-electron chi connectivity index (χ4n) is 3.57. The van der Waals surface area contributed by atoms with Gasteiger partial charge in [0.05, 0.1) is 12.5 Å². The maximum Gasteiger partial charge on any atom is 0.248 e. The van der Waals surface area contributed by atoms with Gasteiger partial charge in [-0.2, -0.15) is 0 Å². The van der Waals surface area contributed by atoms with E-state index >= 15 is 0 Å². The summed E-state index contributed by atoms with van der Waals surface area (Å²) in [4.78, 5) is 26.7. The number of halogens is 2. The minimum atomic E-state index is -2.63. The minimum Gasteiger partial charge on any atom is -0.383 e. The van der Waals surface area contributed by atoms with E-state index in [1.165, 1.54) is 0 Å². The Kier molecular flexibility index (Phi) is 6.54. The number of hydrogen-bond donors (Lipinski definition) is 1. The third-order valence-electron chi connectivity index (χ3n) is 5.21. The van der Waals surface area contributed by atoms with Crippen molar-refractivity contribution in [3.05, 3.63) is 0 Å². The maximum atomic E-state index is 13.3. The van der Waals surface area contributed by atoms with Gasteiger partial charge >= 0.3 is 0 Å². The molecule has 1 N–H and O–H groups in total. The molecular weight excluding hydrogens is 318 g/mol. The van der Waals surface area contributed by atoms with Crippen LogP contribution in [0.1, 0.15) is 45.4 Å². The van der Waals surface area contributed by atoms with Crippen LogP contribution in [0.5, 0.6) is 0 Å². The summed E-state index contributed by atoms with van der Waals surface area (Å²) in [6.45, 7) is 3.25. The van der Waals surface area contributed by atoms with Crippen molar-refractivity contribution in [3.63, 3.8) is 0 Å². The normalized spacial score (nSPS) is 27.8. The highest BCUT2D eigenvalue weighted by Gasteiger charge is 2.41. The summed E-state index contributed by atoms with van der Waals surface area (Å²) in [6.07, 6.45) is 1.54. The minimum absolute atomic E-state index is 0.0583. The SMILES string of the molecule is COCCNC(=O)[C@@H]1CC[C@@H](C)N(C(=O)C2CCC(F)(F)CC2)C1. The zero-order valence-corrected chi connectivity index (χ0v) is 14.5. The molecule has 2 atom stereocenters. The summed E-state index contributed by atoms with van der Waals surface area (Å²) in [5.41, 5.74) is 0. The molecule has 0 spiro atoms. The summed E-state index contributed by atoms with van der Waals surface area (Å²) >= 11 is 0. The Morgan fingerprint density at radius 3 is 2.46 bits per heavy atom. The number of nitrogens with zero attached hydrogens (tertiary/aromatic N) is 1. The van der Waals surface area contributed by atoms with Crippen molar-refractivity contribution in [2.24, 2.45) is 11.8 Å². The van der Waals surface area contributed by atoms with Crippen molar-refractivity contribution in [2.75, 3.05) is 26.8 Å². The van der Waals surface area contributed by atoms with Gasteiger partial charge < -0.3 is 15.0 Å². The molecule has 138 valence electrons. The van der Waals surface area contributed by atoms with E-state index in [0.29, 0.717) is 19.7 Å². The van der Waals surface area contributed by atoms with E-state index < -0.39 is 5.92 Å². The Bertz CT molecular complexity index is 449. The molecule has 5 nitrogen and oxygen atoms in total. The molecule has 0 aromatic rings. The molecule has 0 radical (unpaired) electrons. The molecule has 2 rings (SSSR count). The third-order valence-corrected chi connectivity index (χ3v) is 5.21. The first-order valence-electron chi connectivity index (χ1n) is 8.79. The van der Waals surface area contributed by atoms with Crippen LogP contribution < -0.4 is 5.32 Å². The molecule has 2 aliphatic rings. The molecule has 0 aromatic heterocycles. The molecule has 0 aromatic carbocycles. The van der Waals surface area contributed by atoms with E-state index in [4.69, 9.17) is 4.74 Å². The number of likely N-dealkylation sites (tertiary alicyclic amines) is 1. The van der Waals surface area contributed by atoms with Gasteiger partial charge in [-0.15, -0.1) is 0 Å². The highest BCUT2D eigenvalue weighted by molar-refractivity contribution is 5.82. The fourth-order valence-corrected chi connectivity index (χ4v) is 3.57. The van der Waals surface area contributed by atoms with Crippen molar-refractivity contribution < 1.29 is 23.1 Å². The predicted molar refractivity (Wildman–Crippen MR) is 85.7 cm³/mol. The van der Waals surface area contributed by atoms with Crippen molar-refractivity contribution >= 4 is 11.8 Å². The molecular formula is C17H28F2N2O3. The topological polar surface area (TPSA) is 58.6 Å². The van der Waals surface area contributed by atoms with E-state index in [9.17, 15) is 18.4 Å². The molecule has 1 aliphatic heterocycles. The number of nitrogens with one attached hydrogen (secondary N) is 1. The molecule has 0 bridgehead atoms. The van der Waals surface area contributed by atoms with Gasteiger partial charge in [-0.05, 0) is 32.6 Å². The van der Waals surface area contributed by atoms with Crippen molar-refractivity contribution in [1.82, 2.24) is 10.2 Å². The molecule has 2 fully saturated rings. The molecule has 0 unspecified atom stereocenters. The second kappa shape index (κ2) is 8.23. The van der Waals surface area contributed by atoms with Crippen molar-refractivity contribution in [2.45, 2.75) is 57.4 Å². The number of alkyl halides is 2. The second-order valence-corrected chi connectivity index (χ2v) is 7.03. The van der Waals surface area contributed by atoms with Crippen molar-refractivity contribution in [1.29, 1.82) is 0 Å². The number of rotatable bonds is 5. The van der Waals surface area contributed by atoms with Crippen LogP contribution in [0.3, 0.4) is 0 Å². The third kappa shape index (κ3) is 4.88. The van der Waals surface area contributed by atoms with Gasteiger partial charge in [0.15, 0.2) is 0 Å². The highest BCUT2D eigenvalue weighted by Crippen LogP contribution is 2.37. The van der Waals surface area contributed by atoms with Gasteiger partial charge in [-0.3, -0.25) is 9.59 Å². The lowest BCUT2D eigenvalue weighted by atomic mass is 9.84. The smallest absolute Gasteiger partial charge is 0.248 e. The van der Waals surface area contributed by atoms with Gasteiger partial charge in [-0.25, -0.2) is 8.78 Å². The standard InChI is InChI=1S/C17H28F2N2O3/c1-12-3-4-14(15(22)20-9-10-24-2)11-21(12)16(23)13-5-7-17(18,19)8-6-13/h12-14H,3-11H2,1-2H3,(H,20,22)/t12-,14-/m1/s1. The Balaban J connectivity index is 1.90. The number of hydrogen-bond acceptors (Lipinski definition) is 3. The van der Waals surface area contributed by atoms with E-state index in [1.807, 2.05) is 6.92 Å². The number of carbonyl (C=O) groups excluding carboxylic acids is 2. The maximum absolute atomic E-state index is 13.3. The molecule has 1 saturated heterocycles. The Morgan fingerprint density at radius 1 is 1.17 bits per heavy atom. The summed E-state index contributed by atoms with van der Waals surface area (Å²) in [7, 11) is 1.57. The van der Waals surface area contributed by atoms with Crippen LogP contribution in [0.2, 0.25) is 0 Å². The average Bonchev–Trinajstić information content (AvgIpc) is 2.55. The number of methoxy groups -OCH3 is 1. The van der Waals surface area contributed by atoms with Crippen LogP contribution in [0.4, 0.5) is 8.78 Å². The first kappa shape index (κ1) is 19.1. The fraction of sp³-hybridized carbons (Fsp3) is 0.882. The van der Waals surface area contributed by atoms with Crippen LogP contribution in [0.15, 0.2) is 0 Å². The van der Waals surface area contributed by atoms with Crippen LogP contribution in [-0.4, -0.2) is 55.5 Å². The van der Waals surface area contributed by atoms with E-state index in [0.717, 1.165) is 12.8 Å². The highest BCUT2D eigenvalue weighted by atomic mass is 19.3. The largest absolute Gasteiger partial charge is 0.383 e. The van der Waals surface area contributed by atoms with Gasteiger partial charge in [0.25, 0.3) is 0 Å². The lowest BCUT2D eigenvalue weighted by Gasteiger charge is -2.40. The Hall–Kier alpha value is -1.24. The van der Waals surface area contributed by atoms with Crippen LogP contribution >= 0.6 is 0 Å². The molecule has 24 heavy (non-hydrogen) atoms. The molecule has 1 saturated carbocycles. The van der Waals surface area contributed by atoms with E-state index in [2.05, 4.69) is 5.32 Å². The number of carbonyl (C=O) groups is 2. The summed E-state index contributed by atoms with van der Waals surface area (Å²) < 4.78 is 31.5. The molecule has 1 aliphatic carbocycles. The quantitative estimate of drug-likeness (QED) is 0.777. The summed E-state index contributed by atoms with van der Waals surface area (Å²) in [6, 6.07) is 0.0583. The van der Waals surface area contributed by atoms with Gasteiger partial charge in [0.1, 0.15) is 0 Å². The molecule has 2 amide bonds. The monoisotopic (exact) mass is 346 g/mol. The van der Waals surface area contributed by atoms with Crippen LogP contribution in [0, 0.1) is 11.8 Å². The summed E-state index contributed by atoms with van der Waals surface area (Å²) in [5, 5.41) is 2.82. The lowest BCUT2D eigenvalue weighted by molar-refractivity contribution is -0.145. The lowest BCUT2D eigenvalue weighted by Crippen LogP contribution is -2.52. The summed E-state index contributed by atoms with van der Waals surface area (Å²) in [5.74, 6) is -3.32. The second-order valence-electron chi connectivity index (χ2n) is 7.03. The van der Waals surface area contributed by atoms with Gasteiger partial charge in [-0.1, -0.05) is 0 Å². The van der Waals surface area contributed by atoms with E-state index in [-0.39, 0.29) is 55.4 Å². The molecule has 1 heterocycles. The van der Waals surface area contributed by atoms with Crippen LogP contribution in [-0.2, 0) is 14.3 Å². The zero-order chi connectivity index (χ0) is 17.7. The predicted octanol–water partition coefficient (Wildman–Crippen LogP) is 2.20. The zero-order valence-electron chi connectivity index (χ0n) is 14.5. The van der Waals surface area contributed by atoms with E-state index in [1.54, 1.807) is 12.0 Å². The van der Waals surface area contributed by atoms with Gasteiger partial charge in [0.2, 0.25) is 17.7 Å². The average molecular weight is 346 g/mol. The number of ether oxygens (including phenoxy) is 1.